The van der Waals surface area contributed by atoms with Crippen LogP contribution in [0, 0.1) is 6.92 Å². The topological polar surface area (TPSA) is 72.6 Å². The average molecular weight is 336 g/mol. The molecular weight excluding hydrogens is 316 g/mol. The van der Waals surface area contributed by atoms with Crippen LogP contribution in [-0.2, 0) is 21.0 Å². The number of aryl methyl sites for hydroxylation is 2. The monoisotopic (exact) mass is 336 g/mol. The Morgan fingerprint density at radius 2 is 1.83 bits per heavy atom. The lowest BCUT2D eigenvalue weighted by Crippen LogP contribution is -2.36. The van der Waals surface area contributed by atoms with Gasteiger partial charge in [0.15, 0.2) is 5.89 Å². The van der Waals surface area contributed by atoms with E-state index in [-0.39, 0.29) is 9.92 Å². The van der Waals surface area contributed by atoms with Gasteiger partial charge in [0, 0.05) is 20.0 Å². The molecule has 0 bridgehead atoms. The van der Waals surface area contributed by atoms with Gasteiger partial charge in [0.05, 0.1) is 18.1 Å². The Bertz CT molecular complexity index is 775. The molecule has 1 aliphatic heterocycles. The summed E-state index contributed by atoms with van der Waals surface area (Å²) in [6.45, 7) is 5.96. The molecule has 1 aromatic carbocycles. The van der Waals surface area contributed by atoms with Crippen LogP contribution in [0.3, 0.4) is 0 Å². The van der Waals surface area contributed by atoms with Gasteiger partial charge in [0.25, 0.3) is 0 Å². The zero-order chi connectivity index (χ0) is 16.4. The smallest absolute Gasteiger partial charge is 0.236 e. The minimum atomic E-state index is -3.71. The van der Waals surface area contributed by atoms with Crippen molar-refractivity contribution in [3.63, 3.8) is 0 Å². The fraction of sp³-hybridized carbons (Fsp3) is 0.438. The first-order chi connectivity index (χ1) is 11.0. The highest BCUT2D eigenvalue weighted by atomic mass is 32.2. The van der Waals surface area contributed by atoms with E-state index in [1.807, 2.05) is 24.0 Å². The van der Waals surface area contributed by atoms with Crippen molar-refractivity contribution < 1.29 is 17.6 Å². The number of hydrogen-bond donors (Lipinski definition) is 0. The van der Waals surface area contributed by atoms with E-state index in [1.165, 1.54) is 0 Å². The van der Waals surface area contributed by atoms with Gasteiger partial charge in [-0.05, 0) is 24.1 Å². The molecule has 1 aliphatic rings. The first-order valence-corrected chi connectivity index (χ1v) is 9.15. The zero-order valence-corrected chi connectivity index (χ0v) is 14.1. The standard InChI is InChI=1S/C16H20N2O4S/c1-3-13-4-6-14(7-5-13)23(19,20)15-16(22-12(2)17-15)18-8-10-21-11-9-18/h4-7H,3,8-11H2,1-2H3. The van der Waals surface area contributed by atoms with E-state index in [1.54, 1.807) is 19.1 Å². The lowest BCUT2D eigenvalue weighted by Gasteiger charge is -2.26. The molecule has 2 heterocycles. The predicted octanol–water partition coefficient (Wildman–Crippen LogP) is 2.21. The summed E-state index contributed by atoms with van der Waals surface area (Å²) in [5, 5.41) is -0.0128. The summed E-state index contributed by atoms with van der Waals surface area (Å²) in [7, 11) is -3.71. The molecule has 1 saturated heterocycles. The van der Waals surface area contributed by atoms with Gasteiger partial charge in [-0.2, -0.15) is 4.98 Å². The normalized spacial score (nSPS) is 15.8. The highest BCUT2D eigenvalue weighted by molar-refractivity contribution is 7.91. The van der Waals surface area contributed by atoms with E-state index in [0.29, 0.717) is 38.1 Å². The molecule has 0 atom stereocenters. The summed E-state index contributed by atoms with van der Waals surface area (Å²) in [5.41, 5.74) is 1.09. The minimum Gasteiger partial charge on any atom is -0.424 e. The maximum atomic E-state index is 12.9. The molecule has 0 unspecified atom stereocenters. The average Bonchev–Trinajstić information content (AvgIpc) is 2.98. The van der Waals surface area contributed by atoms with E-state index in [9.17, 15) is 8.42 Å². The molecule has 1 fully saturated rings. The number of morpholine rings is 1. The highest BCUT2D eigenvalue weighted by Crippen LogP contribution is 2.31. The van der Waals surface area contributed by atoms with Gasteiger partial charge in [0.2, 0.25) is 20.7 Å². The van der Waals surface area contributed by atoms with Crippen LogP contribution in [0.25, 0.3) is 0 Å². The number of hydrogen-bond acceptors (Lipinski definition) is 6. The third kappa shape index (κ3) is 3.11. The van der Waals surface area contributed by atoms with E-state index in [2.05, 4.69) is 4.98 Å². The van der Waals surface area contributed by atoms with Crippen LogP contribution in [0.2, 0.25) is 0 Å². The van der Waals surface area contributed by atoms with E-state index in [0.717, 1.165) is 12.0 Å². The van der Waals surface area contributed by atoms with Crippen molar-refractivity contribution in [2.75, 3.05) is 31.2 Å². The Kier molecular flexibility index (Phi) is 4.41. The van der Waals surface area contributed by atoms with E-state index in [4.69, 9.17) is 9.15 Å². The molecular formula is C16H20N2O4S. The second kappa shape index (κ2) is 6.33. The summed E-state index contributed by atoms with van der Waals surface area (Å²) in [6, 6.07) is 6.91. The number of oxazole rings is 1. The third-order valence-corrected chi connectivity index (χ3v) is 5.55. The van der Waals surface area contributed by atoms with Gasteiger partial charge in [-0.15, -0.1) is 0 Å². The lowest BCUT2D eigenvalue weighted by molar-refractivity contribution is 0.120. The Balaban J connectivity index is 2.02. The van der Waals surface area contributed by atoms with Gasteiger partial charge in [-0.3, -0.25) is 0 Å². The maximum absolute atomic E-state index is 12.9. The quantitative estimate of drug-likeness (QED) is 0.852. The predicted molar refractivity (Wildman–Crippen MR) is 85.5 cm³/mol. The Morgan fingerprint density at radius 1 is 1.17 bits per heavy atom. The van der Waals surface area contributed by atoms with Crippen LogP contribution in [0.5, 0.6) is 0 Å². The summed E-state index contributed by atoms with van der Waals surface area (Å²) >= 11 is 0. The lowest BCUT2D eigenvalue weighted by atomic mass is 10.2. The number of benzene rings is 1. The van der Waals surface area contributed by atoms with Gasteiger partial charge < -0.3 is 14.1 Å². The summed E-state index contributed by atoms with van der Waals surface area (Å²) in [5.74, 6) is 0.653. The molecule has 6 nitrogen and oxygen atoms in total. The van der Waals surface area contributed by atoms with Crippen LogP contribution in [-0.4, -0.2) is 39.7 Å². The summed E-state index contributed by atoms with van der Waals surface area (Å²) < 4.78 is 36.8. The van der Waals surface area contributed by atoms with Crippen LogP contribution in [0.1, 0.15) is 18.4 Å². The first-order valence-electron chi connectivity index (χ1n) is 7.66. The van der Waals surface area contributed by atoms with Crippen LogP contribution in [0.15, 0.2) is 38.6 Å². The number of aromatic nitrogens is 1. The molecule has 0 radical (unpaired) electrons. The highest BCUT2D eigenvalue weighted by Gasteiger charge is 2.30. The third-order valence-electron chi connectivity index (χ3n) is 3.88. The number of rotatable bonds is 4. The van der Waals surface area contributed by atoms with E-state index >= 15 is 0 Å². The number of sulfone groups is 1. The van der Waals surface area contributed by atoms with Crippen molar-refractivity contribution in [2.45, 2.75) is 30.2 Å². The second-order valence-electron chi connectivity index (χ2n) is 5.44. The SMILES string of the molecule is CCc1ccc(S(=O)(=O)c2nc(C)oc2N2CCOCC2)cc1. The van der Waals surface area contributed by atoms with Gasteiger partial charge in [-0.25, -0.2) is 8.42 Å². The van der Waals surface area contributed by atoms with Crippen molar-refractivity contribution in [2.24, 2.45) is 0 Å². The Morgan fingerprint density at radius 3 is 2.43 bits per heavy atom. The van der Waals surface area contributed by atoms with Crippen molar-refractivity contribution >= 4 is 15.7 Å². The fourth-order valence-corrected chi connectivity index (χ4v) is 3.92. The van der Waals surface area contributed by atoms with Crippen molar-refractivity contribution in [3.05, 3.63) is 35.7 Å². The van der Waals surface area contributed by atoms with Crippen molar-refractivity contribution in [1.29, 1.82) is 0 Å². The molecule has 0 amide bonds. The maximum Gasteiger partial charge on any atom is 0.236 e. The van der Waals surface area contributed by atoms with E-state index < -0.39 is 9.84 Å². The van der Waals surface area contributed by atoms with Gasteiger partial charge in [0.1, 0.15) is 0 Å². The summed E-state index contributed by atoms with van der Waals surface area (Å²) in [6.07, 6.45) is 0.864. The van der Waals surface area contributed by atoms with Crippen molar-refractivity contribution in [3.8, 4) is 0 Å². The molecule has 2 aromatic rings. The zero-order valence-electron chi connectivity index (χ0n) is 13.3. The van der Waals surface area contributed by atoms with Crippen LogP contribution in [0.4, 0.5) is 5.88 Å². The fourth-order valence-electron chi connectivity index (χ4n) is 2.55. The number of anilines is 1. The molecule has 1 aromatic heterocycles. The van der Waals surface area contributed by atoms with Crippen molar-refractivity contribution in [1.82, 2.24) is 4.98 Å². The Hall–Kier alpha value is -1.86. The molecule has 3 rings (SSSR count). The molecule has 7 heteroatoms. The Labute approximate surface area is 136 Å². The summed E-state index contributed by atoms with van der Waals surface area (Å²) in [4.78, 5) is 6.24. The molecule has 124 valence electrons. The molecule has 0 saturated carbocycles. The first kappa shape index (κ1) is 16.0. The van der Waals surface area contributed by atoms with Crippen LogP contribution < -0.4 is 4.90 Å². The largest absolute Gasteiger partial charge is 0.424 e. The molecule has 0 N–H and O–H groups in total. The van der Waals surface area contributed by atoms with Crippen LogP contribution >= 0.6 is 0 Å². The van der Waals surface area contributed by atoms with Gasteiger partial charge >= 0.3 is 0 Å². The second-order valence-corrected chi connectivity index (χ2v) is 7.31. The number of nitrogens with zero attached hydrogens (tertiary/aromatic N) is 2. The molecule has 23 heavy (non-hydrogen) atoms. The van der Waals surface area contributed by atoms with Gasteiger partial charge in [-0.1, -0.05) is 19.1 Å². The molecule has 0 aliphatic carbocycles. The molecule has 0 spiro atoms. The minimum absolute atomic E-state index is 0.0128. The number of ether oxygens (including phenoxy) is 1.